The molecule has 1 N–H and O–H groups in total. The molecule has 1 fully saturated rings. The van der Waals surface area contributed by atoms with Crippen molar-refractivity contribution in [1.29, 1.82) is 0 Å². The van der Waals surface area contributed by atoms with Gasteiger partial charge in [0.25, 0.3) is 15.9 Å². The van der Waals surface area contributed by atoms with Crippen LogP contribution in [-0.4, -0.2) is 58.2 Å². The minimum absolute atomic E-state index is 0.0440. The number of nitrogens with zero attached hydrogens (tertiary/aromatic N) is 2. The third-order valence-electron chi connectivity index (χ3n) is 5.99. The molecule has 10 heteroatoms. The van der Waals surface area contributed by atoms with Crippen LogP contribution >= 0.6 is 0 Å². The highest BCUT2D eigenvalue weighted by Crippen LogP contribution is 2.40. The summed E-state index contributed by atoms with van der Waals surface area (Å²) >= 11 is 0. The van der Waals surface area contributed by atoms with Gasteiger partial charge in [0, 0.05) is 38.0 Å². The summed E-state index contributed by atoms with van der Waals surface area (Å²) in [7, 11) is 2.10. The Hall–Kier alpha value is -2.88. The minimum Gasteiger partial charge on any atom is -0.493 e. The lowest BCUT2D eigenvalue weighted by atomic mass is 9.99. The fourth-order valence-corrected chi connectivity index (χ4v) is 5.20. The molecular weight excluding hydrogens is 434 g/mol. The van der Waals surface area contributed by atoms with Gasteiger partial charge < -0.3 is 23.7 Å². The van der Waals surface area contributed by atoms with Gasteiger partial charge in [0.1, 0.15) is 10.6 Å². The van der Waals surface area contributed by atoms with Crippen molar-refractivity contribution in [3.63, 3.8) is 0 Å². The molecule has 0 saturated carbocycles. The van der Waals surface area contributed by atoms with Crippen LogP contribution in [0.5, 0.6) is 17.2 Å². The smallest absolute Gasteiger partial charge is 0.270 e. The molecule has 1 saturated heterocycles. The quantitative estimate of drug-likeness (QED) is 0.675. The molecule has 3 rings (SSSR count). The molecule has 0 unspecified atom stereocenters. The van der Waals surface area contributed by atoms with E-state index in [-0.39, 0.29) is 16.5 Å². The van der Waals surface area contributed by atoms with Crippen LogP contribution < -0.4 is 18.9 Å². The lowest BCUT2D eigenvalue weighted by Gasteiger charge is -2.30. The molecule has 1 aromatic heterocycles. The van der Waals surface area contributed by atoms with Crippen LogP contribution in [0.25, 0.3) is 0 Å². The fraction of sp³-hybridized carbons (Fsp3) is 0.500. The number of carbonyl (C=O) groups excluding carboxylic acids is 1. The maximum Gasteiger partial charge on any atom is 0.270 e. The first-order valence-electron chi connectivity index (χ1n) is 10.4. The summed E-state index contributed by atoms with van der Waals surface area (Å²) < 4.78 is 46.5. The van der Waals surface area contributed by atoms with Crippen molar-refractivity contribution in [2.75, 3.05) is 39.1 Å². The Bertz CT molecular complexity index is 1080. The molecule has 2 aromatic rings. The Morgan fingerprint density at radius 1 is 1.03 bits per heavy atom. The van der Waals surface area contributed by atoms with Gasteiger partial charge >= 0.3 is 0 Å². The van der Waals surface area contributed by atoms with Crippen LogP contribution in [0.3, 0.4) is 0 Å². The summed E-state index contributed by atoms with van der Waals surface area (Å²) in [6.07, 6.45) is 1.89. The second-order valence-corrected chi connectivity index (χ2v) is 9.68. The molecule has 0 aliphatic carbocycles. The molecule has 0 radical (unpaired) electrons. The van der Waals surface area contributed by atoms with Gasteiger partial charge in [-0.2, -0.15) is 0 Å². The van der Waals surface area contributed by atoms with Crippen molar-refractivity contribution in [2.24, 2.45) is 13.0 Å². The first-order chi connectivity index (χ1) is 15.1. The first-order valence-corrected chi connectivity index (χ1v) is 11.9. The second-order valence-electron chi connectivity index (χ2n) is 8.03. The molecule has 1 aliphatic heterocycles. The SMILES string of the molecule is COc1cc(NS(=O)(=O)c2cc(C(=O)N3CCC(C)CC3)n(C)c2C)cc(OC)c1OC. The Morgan fingerprint density at radius 3 is 2.09 bits per heavy atom. The molecule has 1 aromatic carbocycles. The number of amides is 1. The van der Waals surface area contributed by atoms with E-state index in [1.54, 1.807) is 23.4 Å². The Morgan fingerprint density at radius 2 is 1.59 bits per heavy atom. The fourth-order valence-electron chi connectivity index (χ4n) is 3.87. The van der Waals surface area contributed by atoms with E-state index >= 15 is 0 Å². The van der Waals surface area contributed by atoms with E-state index in [4.69, 9.17) is 14.2 Å². The molecule has 0 atom stereocenters. The number of sulfonamides is 1. The van der Waals surface area contributed by atoms with Gasteiger partial charge in [0.05, 0.1) is 27.0 Å². The van der Waals surface area contributed by atoms with Gasteiger partial charge in [0.2, 0.25) is 5.75 Å². The molecule has 2 heterocycles. The minimum atomic E-state index is -3.98. The van der Waals surface area contributed by atoms with Gasteiger partial charge in [-0.3, -0.25) is 9.52 Å². The van der Waals surface area contributed by atoms with E-state index in [0.29, 0.717) is 47.6 Å². The Kier molecular flexibility index (Phi) is 6.92. The van der Waals surface area contributed by atoms with E-state index in [2.05, 4.69) is 11.6 Å². The average Bonchev–Trinajstić information content (AvgIpc) is 3.08. The highest BCUT2D eigenvalue weighted by molar-refractivity contribution is 7.92. The molecular formula is C22H31N3O6S. The van der Waals surface area contributed by atoms with Crippen LogP contribution in [0.1, 0.15) is 35.9 Å². The molecule has 32 heavy (non-hydrogen) atoms. The van der Waals surface area contributed by atoms with Crippen molar-refractivity contribution < 1.29 is 27.4 Å². The van der Waals surface area contributed by atoms with Crippen LogP contribution in [0.15, 0.2) is 23.1 Å². The van der Waals surface area contributed by atoms with E-state index in [1.807, 2.05) is 0 Å². The van der Waals surface area contributed by atoms with E-state index in [1.165, 1.54) is 39.5 Å². The van der Waals surface area contributed by atoms with Crippen molar-refractivity contribution in [2.45, 2.75) is 31.6 Å². The number of benzene rings is 1. The maximum atomic E-state index is 13.2. The van der Waals surface area contributed by atoms with Crippen LogP contribution in [0, 0.1) is 12.8 Å². The number of piperidine rings is 1. The largest absolute Gasteiger partial charge is 0.493 e. The third-order valence-corrected chi connectivity index (χ3v) is 7.48. The number of ether oxygens (including phenoxy) is 3. The predicted molar refractivity (Wildman–Crippen MR) is 121 cm³/mol. The number of aromatic nitrogens is 1. The van der Waals surface area contributed by atoms with Crippen LogP contribution in [-0.2, 0) is 17.1 Å². The van der Waals surface area contributed by atoms with Crippen molar-refractivity contribution in [3.05, 3.63) is 29.6 Å². The summed E-state index contributed by atoms with van der Waals surface area (Å²) in [4.78, 5) is 14.9. The third kappa shape index (κ3) is 4.50. The summed E-state index contributed by atoms with van der Waals surface area (Å²) in [5, 5.41) is 0. The summed E-state index contributed by atoms with van der Waals surface area (Å²) in [5.74, 6) is 1.44. The number of methoxy groups -OCH3 is 3. The summed E-state index contributed by atoms with van der Waals surface area (Å²) in [6, 6.07) is 4.46. The van der Waals surface area contributed by atoms with Gasteiger partial charge in [-0.1, -0.05) is 6.92 Å². The standard InChI is InChI=1S/C22H31N3O6S/c1-14-7-9-25(10-8-14)22(26)17-13-20(15(2)24(17)3)32(27,28)23-16-11-18(29-4)21(31-6)19(12-16)30-5/h11-14,23H,7-10H2,1-6H3. The number of hydrogen-bond acceptors (Lipinski definition) is 6. The van der Waals surface area contributed by atoms with Gasteiger partial charge in [-0.05, 0) is 31.7 Å². The van der Waals surface area contributed by atoms with Crippen LogP contribution in [0.2, 0.25) is 0 Å². The lowest BCUT2D eigenvalue weighted by molar-refractivity contribution is 0.0687. The molecule has 1 amide bonds. The van der Waals surface area contributed by atoms with E-state index < -0.39 is 10.0 Å². The number of rotatable bonds is 7. The second kappa shape index (κ2) is 9.32. The van der Waals surface area contributed by atoms with Crippen molar-refractivity contribution in [3.8, 4) is 17.2 Å². The normalized spacial score (nSPS) is 14.9. The van der Waals surface area contributed by atoms with E-state index in [0.717, 1.165) is 12.8 Å². The highest BCUT2D eigenvalue weighted by atomic mass is 32.2. The average molecular weight is 466 g/mol. The van der Waals surface area contributed by atoms with E-state index in [9.17, 15) is 13.2 Å². The number of hydrogen-bond donors (Lipinski definition) is 1. The molecule has 0 spiro atoms. The lowest BCUT2D eigenvalue weighted by Crippen LogP contribution is -2.38. The van der Waals surface area contributed by atoms with Gasteiger partial charge in [-0.15, -0.1) is 0 Å². The van der Waals surface area contributed by atoms with Gasteiger partial charge in [0.15, 0.2) is 11.5 Å². The Balaban J connectivity index is 1.93. The number of likely N-dealkylation sites (tertiary alicyclic amines) is 1. The highest BCUT2D eigenvalue weighted by Gasteiger charge is 2.29. The summed E-state index contributed by atoms with van der Waals surface area (Å²) in [5.41, 5.74) is 1.07. The van der Waals surface area contributed by atoms with Crippen LogP contribution in [0.4, 0.5) is 5.69 Å². The van der Waals surface area contributed by atoms with Crippen molar-refractivity contribution >= 4 is 21.6 Å². The predicted octanol–water partition coefficient (Wildman–Crippen LogP) is 3.03. The Labute approximate surface area is 189 Å². The molecule has 1 aliphatic rings. The maximum absolute atomic E-state index is 13.2. The number of carbonyl (C=O) groups is 1. The zero-order valence-corrected chi connectivity index (χ0v) is 20.2. The van der Waals surface area contributed by atoms with Crippen molar-refractivity contribution in [1.82, 2.24) is 9.47 Å². The molecule has 176 valence electrons. The zero-order valence-electron chi connectivity index (χ0n) is 19.4. The molecule has 0 bridgehead atoms. The molecule has 9 nitrogen and oxygen atoms in total. The number of nitrogens with one attached hydrogen (secondary N) is 1. The first kappa shape index (κ1) is 23.8. The zero-order chi connectivity index (χ0) is 23.6. The monoisotopic (exact) mass is 465 g/mol. The topological polar surface area (TPSA) is 99.1 Å². The summed E-state index contributed by atoms with van der Waals surface area (Å²) in [6.45, 7) is 5.21. The van der Waals surface area contributed by atoms with Gasteiger partial charge in [-0.25, -0.2) is 8.42 Å². The number of anilines is 1.